The van der Waals surface area contributed by atoms with Crippen molar-refractivity contribution in [3.8, 4) is 0 Å². The van der Waals surface area contributed by atoms with Gasteiger partial charge in [0.15, 0.2) is 0 Å². The van der Waals surface area contributed by atoms with Gasteiger partial charge < -0.3 is 4.90 Å². The number of nitrogens with one attached hydrogen (secondary N) is 1. The van der Waals surface area contributed by atoms with Gasteiger partial charge in [0, 0.05) is 24.7 Å². The highest BCUT2D eigenvalue weighted by Crippen LogP contribution is 2.20. The molecule has 1 unspecified atom stereocenters. The molecule has 1 N–H and O–H groups in total. The van der Waals surface area contributed by atoms with Crippen molar-refractivity contribution in [2.24, 2.45) is 0 Å². The Balaban J connectivity index is 2.15. The topological polar surface area (TPSA) is 92.5 Å². The highest BCUT2D eigenvalue weighted by molar-refractivity contribution is 7.89. The molecule has 0 bridgehead atoms. The van der Waals surface area contributed by atoms with Crippen LogP contribution in [0.4, 0.5) is 5.69 Å². The second-order valence-corrected chi connectivity index (χ2v) is 7.94. The minimum atomic E-state index is -3.75. The van der Waals surface area contributed by atoms with E-state index in [1.807, 2.05) is 43.3 Å². The van der Waals surface area contributed by atoms with E-state index in [9.17, 15) is 18.5 Å². The summed E-state index contributed by atoms with van der Waals surface area (Å²) in [6, 6.07) is 12.8. The van der Waals surface area contributed by atoms with Gasteiger partial charge in [-0.25, -0.2) is 13.1 Å². The zero-order valence-electron chi connectivity index (χ0n) is 15.0. The Labute approximate surface area is 153 Å². The third kappa shape index (κ3) is 4.87. The van der Waals surface area contributed by atoms with Crippen molar-refractivity contribution in [2.45, 2.75) is 24.3 Å². The second kappa shape index (κ2) is 8.39. The van der Waals surface area contributed by atoms with E-state index in [2.05, 4.69) is 11.6 Å². The van der Waals surface area contributed by atoms with Gasteiger partial charge in [-0.15, -0.1) is 0 Å². The number of sulfonamides is 1. The van der Waals surface area contributed by atoms with Gasteiger partial charge in [0.1, 0.15) is 0 Å². The molecule has 140 valence electrons. The van der Waals surface area contributed by atoms with Crippen LogP contribution >= 0.6 is 0 Å². The molecule has 2 aromatic carbocycles. The molecule has 7 nitrogen and oxygen atoms in total. The van der Waals surface area contributed by atoms with Crippen molar-refractivity contribution in [3.63, 3.8) is 0 Å². The molecule has 2 aromatic rings. The van der Waals surface area contributed by atoms with Crippen LogP contribution in [0.1, 0.15) is 24.1 Å². The molecule has 0 aliphatic carbocycles. The van der Waals surface area contributed by atoms with Crippen molar-refractivity contribution in [3.05, 3.63) is 69.8 Å². The van der Waals surface area contributed by atoms with Crippen molar-refractivity contribution in [1.82, 2.24) is 9.62 Å². The number of hydrogen-bond acceptors (Lipinski definition) is 5. The number of non-ortho nitro benzene ring substituents is 1. The first kappa shape index (κ1) is 20.0. The summed E-state index contributed by atoms with van der Waals surface area (Å²) in [5, 5.41) is 10.7. The molecule has 1 atom stereocenters. The van der Waals surface area contributed by atoms with E-state index in [0.717, 1.165) is 12.0 Å². The van der Waals surface area contributed by atoms with Crippen LogP contribution in [0.5, 0.6) is 0 Å². The van der Waals surface area contributed by atoms with E-state index in [1.165, 1.54) is 29.8 Å². The number of hydrogen-bond donors (Lipinski definition) is 1. The Bertz CT molecular complexity index is 847. The van der Waals surface area contributed by atoms with Crippen molar-refractivity contribution in [1.29, 1.82) is 0 Å². The molecular weight excluding hydrogens is 354 g/mol. The normalized spacial score (nSPS) is 12.9. The predicted octanol–water partition coefficient (Wildman–Crippen LogP) is 2.74. The highest BCUT2D eigenvalue weighted by Gasteiger charge is 2.20. The molecule has 26 heavy (non-hydrogen) atoms. The van der Waals surface area contributed by atoms with Gasteiger partial charge in [-0.05, 0) is 43.8 Å². The van der Waals surface area contributed by atoms with Crippen LogP contribution < -0.4 is 4.72 Å². The van der Waals surface area contributed by atoms with E-state index in [1.54, 1.807) is 0 Å². The molecule has 0 aromatic heterocycles. The van der Waals surface area contributed by atoms with Crippen LogP contribution in [0.25, 0.3) is 0 Å². The smallest absolute Gasteiger partial charge is 0.269 e. The maximum Gasteiger partial charge on any atom is 0.269 e. The SMILES string of the molecule is CCc1ccc(C(CNS(=O)(=O)c2ccc([N+](=O)[O-])cc2)N(C)C)cc1. The van der Waals surface area contributed by atoms with Crippen LogP contribution in [-0.2, 0) is 16.4 Å². The van der Waals surface area contributed by atoms with Crippen molar-refractivity contribution >= 4 is 15.7 Å². The quantitative estimate of drug-likeness (QED) is 0.564. The Kier molecular flexibility index (Phi) is 6.47. The van der Waals surface area contributed by atoms with Gasteiger partial charge >= 0.3 is 0 Å². The van der Waals surface area contributed by atoms with Gasteiger partial charge in [0.25, 0.3) is 5.69 Å². The van der Waals surface area contributed by atoms with Gasteiger partial charge in [0.05, 0.1) is 9.82 Å². The Hall–Kier alpha value is -2.29. The van der Waals surface area contributed by atoms with E-state index in [-0.39, 0.29) is 23.2 Å². The maximum absolute atomic E-state index is 12.5. The first-order chi connectivity index (χ1) is 12.2. The summed E-state index contributed by atoms with van der Waals surface area (Å²) in [6.07, 6.45) is 0.944. The lowest BCUT2D eigenvalue weighted by Gasteiger charge is -2.25. The van der Waals surface area contributed by atoms with E-state index < -0.39 is 14.9 Å². The Morgan fingerprint density at radius 3 is 2.12 bits per heavy atom. The molecule has 0 radical (unpaired) electrons. The summed E-state index contributed by atoms with van der Waals surface area (Å²) < 4.78 is 27.5. The van der Waals surface area contributed by atoms with Crippen LogP contribution in [0.2, 0.25) is 0 Å². The molecule has 8 heteroatoms. The monoisotopic (exact) mass is 377 g/mol. The number of nitro groups is 1. The molecular formula is C18H23N3O4S. The van der Waals surface area contributed by atoms with Gasteiger partial charge in [-0.3, -0.25) is 10.1 Å². The molecule has 0 saturated heterocycles. The molecule has 0 spiro atoms. The molecule has 0 heterocycles. The zero-order valence-corrected chi connectivity index (χ0v) is 15.9. The van der Waals surface area contributed by atoms with Gasteiger partial charge in [-0.1, -0.05) is 31.2 Å². The Morgan fingerprint density at radius 1 is 1.08 bits per heavy atom. The first-order valence-electron chi connectivity index (χ1n) is 8.24. The number of nitro benzene ring substituents is 1. The summed E-state index contributed by atoms with van der Waals surface area (Å²) in [5.74, 6) is 0. The summed E-state index contributed by atoms with van der Waals surface area (Å²) in [6.45, 7) is 2.27. The second-order valence-electron chi connectivity index (χ2n) is 6.18. The fraction of sp³-hybridized carbons (Fsp3) is 0.333. The largest absolute Gasteiger partial charge is 0.301 e. The zero-order chi connectivity index (χ0) is 19.3. The minimum Gasteiger partial charge on any atom is -0.301 e. The number of likely N-dealkylation sites (N-methyl/N-ethyl adjacent to an activating group) is 1. The average Bonchev–Trinajstić information content (AvgIpc) is 2.62. The summed E-state index contributed by atoms with van der Waals surface area (Å²) in [7, 11) is 0.0235. The molecule has 0 aliphatic rings. The molecule has 0 saturated carbocycles. The van der Waals surface area contributed by atoms with Crippen molar-refractivity contribution < 1.29 is 13.3 Å². The van der Waals surface area contributed by atoms with E-state index >= 15 is 0 Å². The fourth-order valence-electron chi connectivity index (χ4n) is 2.59. The number of rotatable bonds is 8. The average molecular weight is 377 g/mol. The summed E-state index contributed by atoms with van der Waals surface area (Å²) in [4.78, 5) is 12.1. The first-order valence-corrected chi connectivity index (χ1v) is 9.72. The molecule has 0 amide bonds. The lowest BCUT2D eigenvalue weighted by molar-refractivity contribution is -0.384. The summed E-state index contributed by atoms with van der Waals surface area (Å²) in [5.41, 5.74) is 2.09. The minimum absolute atomic E-state index is 0.00179. The van der Waals surface area contributed by atoms with Gasteiger partial charge in [0.2, 0.25) is 10.0 Å². The van der Waals surface area contributed by atoms with Crippen LogP contribution in [0.3, 0.4) is 0 Å². The molecule has 0 fully saturated rings. The van der Waals surface area contributed by atoms with Crippen LogP contribution in [-0.4, -0.2) is 38.9 Å². The number of aryl methyl sites for hydroxylation is 1. The molecule has 0 aliphatic heterocycles. The van der Waals surface area contributed by atoms with E-state index in [0.29, 0.717) is 0 Å². The van der Waals surface area contributed by atoms with E-state index in [4.69, 9.17) is 0 Å². The van der Waals surface area contributed by atoms with Crippen molar-refractivity contribution in [2.75, 3.05) is 20.6 Å². The highest BCUT2D eigenvalue weighted by atomic mass is 32.2. The standard InChI is InChI=1S/C18H23N3O4S/c1-4-14-5-7-15(8-6-14)18(20(2)3)13-19-26(24,25)17-11-9-16(10-12-17)21(22)23/h5-12,18-19H,4,13H2,1-3H3. The Morgan fingerprint density at radius 2 is 1.65 bits per heavy atom. The third-order valence-electron chi connectivity index (χ3n) is 4.22. The van der Waals surface area contributed by atoms with Crippen LogP contribution in [0.15, 0.2) is 53.4 Å². The van der Waals surface area contributed by atoms with Crippen LogP contribution in [0, 0.1) is 10.1 Å². The number of nitrogens with zero attached hydrogens (tertiary/aromatic N) is 2. The number of benzene rings is 2. The fourth-order valence-corrected chi connectivity index (χ4v) is 3.63. The lowest BCUT2D eigenvalue weighted by atomic mass is 10.0. The third-order valence-corrected chi connectivity index (χ3v) is 5.66. The predicted molar refractivity (Wildman–Crippen MR) is 101 cm³/mol. The van der Waals surface area contributed by atoms with Gasteiger partial charge in [-0.2, -0.15) is 0 Å². The summed E-state index contributed by atoms with van der Waals surface area (Å²) >= 11 is 0. The molecule has 2 rings (SSSR count). The maximum atomic E-state index is 12.5. The lowest BCUT2D eigenvalue weighted by Crippen LogP contribution is -2.34.